The van der Waals surface area contributed by atoms with Crippen LogP contribution in [0.3, 0.4) is 0 Å². The van der Waals surface area contributed by atoms with E-state index in [1.807, 2.05) is 0 Å². The van der Waals surface area contributed by atoms with E-state index in [2.05, 4.69) is 5.32 Å². The minimum absolute atomic E-state index is 0.00983. The fourth-order valence-corrected chi connectivity index (χ4v) is 2.75. The average molecular weight is 345 g/mol. The summed E-state index contributed by atoms with van der Waals surface area (Å²) in [6, 6.07) is 11.9. The van der Waals surface area contributed by atoms with Gasteiger partial charge in [0, 0.05) is 0 Å². The molecule has 1 atom stereocenters. The topological polar surface area (TPSA) is 86.7 Å². The molecular weight excluding hydrogens is 332 g/mol. The highest BCUT2D eigenvalue weighted by Crippen LogP contribution is 2.28. The fraction of sp³-hybridized carbons (Fsp3) is 0.118. The molecule has 1 aliphatic rings. The number of amides is 2. The molecule has 0 radical (unpaired) electrons. The SMILES string of the molecule is O=C(O)c1cccc(N2C(=O)C[C@H](Nc3ccccc3Cl)C2=O)c1. The van der Waals surface area contributed by atoms with E-state index in [-0.39, 0.29) is 17.7 Å². The highest BCUT2D eigenvalue weighted by Gasteiger charge is 2.39. The number of hydrogen-bond acceptors (Lipinski definition) is 4. The van der Waals surface area contributed by atoms with Crippen LogP contribution in [0, 0.1) is 0 Å². The molecule has 0 aromatic heterocycles. The summed E-state index contributed by atoms with van der Waals surface area (Å²) in [6.45, 7) is 0. The van der Waals surface area contributed by atoms with Crippen LogP contribution in [-0.2, 0) is 9.59 Å². The number of carboxylic acids is 1. The summed E-state index contributed by atoms with van der Waals surface area (Å²) in [6.07, 6.45) is -0.0264. The Morgan fingerprint density at radius 1 is 1.17 bits per heavy atom. The lowest BCUT2D eigenvalue weighted by atomic mass is 10.2. The smallest absolute Gasteiger partial charge is 0.335 e. The second-order valence-electron chi connectivity index (χ2n) is 5.30. The summed E-state index contributed by atoms with van der Waals surface area (Å²) in [5.41, 5.74) is 0.815. The first-order valence-corrected chi connectivity index (χ1v) is 7.56. The number of nitrogens with one attached hydrogen (secondary N) is 1. The molecule has 0 bridgehead atoms. The van der Waals surface area contributed by atoms with E-state index in [1.54, 1.807) is 24.3 Å². The summed E-state index contributed by atoms with van der Waals surface area (Å²) in [5, 5.41) is 12.5. The molecule has 1 aliphatic heterocycles. The van der Waals surface area contributed by atoms with E-state index in [4.69, 9.17) is 16.7 Å². The van der Waals surface area contributed by atoms with Crippen LogP contribution in [0.5, 0.6) is 0 Å². The number of carbonyl (C=O) groups is 3. The maximum absolute atomic E-state index is 12.6. The highest BCUT2D eigenvalue weighted by molar-refractivity contribution is 6.33. The molecule has 2 aromatic carbocycles. The third kappa shape index (κ3) is 2.96. The number of anilines is 2. The molecule has 3 rings (SSSR count). The zero-order chi connectivity index (χ0) is 17.3. The standard InChI is InChI=1S/C17H13ClN2O4/c18-12-6-1-2-7-13(12)19-14-9-15(21)20(16(14)22)11-5-3-4-10(8-11)17(23)24/h1-8,14,19H,9H2,(H,23,24)/t14-/m0/s1. The monoisotopic (exact) mass is 344 g/mol. The van der Waals surface area contributed by atoms with Crippen LogP contribution in [0.25, 0.3) is 0 Å². The first-order chi connectivity index (χ1) is 11.5. The molecule has 1 heterocycles. The number of aromatic carboxylic acids is 1. The van der Waals surface area contributed by atoms with Crippen molar-refractivity contribution in [2.24, 2.45) is 0 Å². The van der Waals surface area contributed by atoms with Gasteiger partial charge in [0.25, 0.3) is 5.91 Å². The number of carboxylic acid groups (broad SMARTS) is 1. The third-order valence-corrected chi connectivity index (χ3v) is 4.03. The number of para-hydroxylation sites is 1. The van der Waals surface area contributed by atoms with E-state index < -0.39 is 23.8 Å². The quantitative estimate of drug-likeness (QED) is 0.833. The van der Waals surface area contributed by atoms with Crippen molar-refractivity contribution < 1.29 is 19.5 Å². The van der Waals surface area contributed by atoms with Crippen molar-refractivity contribution in [2.45, 2.75) is 12.5 Å². The molecule has 24 heavy (non-hydrogen) atoms. The van der Waals surface area contributed by atoms with Gasteiger partial charge in [-0.15, -0.1) is 0 Å². The normalized spacial score (nSPS) is 17.2. The molecular formula is C17H13ClN2O4. The number of imide groups is 1. The Morgan fingerprint density at radius 3 is 2.62 bits per heavy atom. The van der Waals surface area contributed by atoms with E-state index in [9.17, 15) is 14.4 Å². The number of rotatable bonds is 4. The Kier molecular flexibility index (Phi) is 4.22. The molecule has 0 spiro atoms. The summed E-state index contributed by atoms with van der Waals surface area (Å²) in [5.74, 6) is -1.96. The Bertz CT molecular complexity index is 837. The van der Waals surface area contributed by atoms with Crippen molar-refractivity contribution in [2.75, 3.05) is 10.2 Å². The molecule has 2 N–H and O–H groups in total. The summed E-state index contributed by atoms with van der Waals surface area (Å²) in [4.78, 5) is 36.9. The van der Waals surface area contributed by atoms with Crippen molar-refractivity contribution >= 4 is 40.8 Å². The Morgan fingerprint density at radius 2 is 1.92 bits per heavy atom. The van der Waals surface area contributed by atoms with E-state index in [0.29, 0.717) is 10.7 Å². The van der Waals surface area contributed by atoms with Crippen LogP contribution in [0.4, 0.5) is 11.4 Å². The predicted octanol–water partition coefficient (Wildman–Crippen LogP) is 2.78. The summed E-state index contributed by atoms with van der Waals surface area (Å²) in [7, 11) is 0. The zero-order valence-corrected chi connectivity index (χ0v) is 13.2. The second kappa shape index (κ2) is 6.33. The maximum atomic E-state index is 12.6. The molecule has 1 saturated heterocycles. The molecule has 0 unspecified atom stereocenters. The van der Waals surface area contributed by atoms with Crippen molar-refractivity contribution in [3.8, 4) is 0 Å². The number of halogens is 1. The number of nitrogens with zero attached hydrogens (tertiary/aromatic N) is 1. The van der Waals surface area contributed by atoms with Crippen molar-refractivity contribution in [3.63, 3.8) is 0 Å². The van der Waals surface area contributed by atoms with Gasteiger partial charge in [0.05, 0.1) is 28.4 Å². The van der Waals surface area contributed by atoms with Crippen LogP contribution in [0.15, 0.2) is 48.5 Å². The van der Waals surface area contributed by atoms with Gasteiger partial charge in [0.15, 0.2) is 0 Å². The van der Waals surface area contributed by atoms with Gasteiger partial charge in [-0.2, -0.15) is 0 Å². The number of benzene rings is 2. The second-order valence-corrected chi connectivity index (χ2v) is 5.71. The first kappa shape index (κ1) is 16.0. The van der Waals surface area contributed by atoms with Crippen LogP contribution < -0.4 is 10.2 Å². The van der Waals surface area contributed by atoms with Crippen molar-refractivity contribution in [1.82, 2.24) is 0 Å². The Labute approximate surface area is 142 Å². The Hall–Kier alpha value is -2.86. The van der Waals surface area contributed by atoms with Gasteiger partial charge in [-0.3, -0.25) is 9.59 Å². The van der Waals surface area contributed by atoms with E-state index >= 15 is 0 Å². The lowest BCUT2D eigenvalue weighted by Crippen LogP contribution is -2.35. The van der Waals surface area contributed by atoms with Crippen LogP contribution in [0.1, 0.15) is 16.8 Å². The highest BCUT2D eigenvalue weighted by atomic mass is 35.5. The van der Waals surface area contributed by atoms with Gasteiger partial charge in [-0.05, 0) is 30.3 Å². The van der Waals surface area contributed by atoms with Gasteiger partial charge < -0.3 is 10.4 Å². The summed E-state index contributed by atoms with van der Waals surface area (Å²) < 4.78 is 0. The molecule has 122 valence electrons. The van der Waals surface area contributed by atoms with Gasteiger partial charge in [-0.1, -0.05) is 29.8 Å². The first-order valence-electron chi connectivity index (χ1n) is 7.18. The zero-order valence-electron chi connectivity index (χ0n) is 12.4. The summed E-state index contributed by atoms with van der Waals surface area (Å²) >= 11 is 6.06. The lowest BCUT2D eigenvalue weighted by Gasteiger charge is -2.17. The van der Waals surface area contributed by atoms with Gasteiger partial charge in [0.2, 0.25) is 5.91 Å². The van der Waals surface area contributed by atoms with Crippen LogP contribution in [-0.4, -0.2) is 28.9 Å². The average Bonchev–Trinajstić information content (AvgIpc) is 2.83. The van der Waals surface area contributed by atoms with Gasteiger partial charge in [-0.25, -0.2) is 9.69 Å². The van der Waals surface area contributed by atoms with Gasteiger partial charge in [0.1, 0.15) is 6.04 Å². The molecule has 0 aliphatic carbocycles. The fourth-order valence-electron chi connectivity index (χ4n) is 2.56. The molecule has 0 saturated carbocycles. The lowest BCUT2D eigenvalue weighted by molar-refractivity contribution is -0.121. The van der Waals surface area contributed by atoms with Crippen LogP contribution in [0.2, 0.25) is 5.02 Å². The third-order valence-electron chi connectivity index (χ3n) is 3.70. The molecule has 7 heteroatoms. The Balaban J connectivity index is 1.86. The largest absolute Gasteiger partial charge is 0.478 e. The van der Waals surface area contributed by atoms with E-state index in [1.165, 1.54) is 24.3 Å². The molecule has 2 amide bonds. The minimum atomic E-state index is -1.12. The van der Waals surface area contributed by atoms with Gasteiger partial charge >= 0.3 is 5.97 Å². The number of hydrogen-bond donors (Lipinski definition) is 2. The molecule has 1 fully saturated rings. The van der Waals surface area contributed by atoms with Crippen molar-refractivity contribution in [3.05, 3.63) is 59.1 Å². The number of carbonyl (C=O) groups excluding carboxylic acids is 2. The molecule has 6 nitrogen and oxygen atoms in total. The van der Waals surface area contributed by atoms with Crippen molar-refractivity contribution in [1.29, 1.82) is 0 Å². The predicted molar refractivity (Wildman–Crippen MR) is 89.4 cm³/mol. The van der Waals surface area contributed by atoms with Crippen LogP contribution >= 0.6 is 11.6 Å². The van der Waals surface area contributed by atoms with E-state index in [0.717, 1.165) is 4.90 Å². The maximum Gasteiger partial charge on any atom is 0.335 e. The molecule has 2 aromatic rings. The minimum Gasteiger partial charge on any atom is -0.478 e.